The van der Waals surface area contributed by atoms with Crippen molar-refractivity contribution < 1.29 is 0 Å². The highest BCUT2D eigenvalue weighted by atomic mass is 32.1. The fraction of sp³-hybridized carbons (Fsp3) is 0.118. The van der Waals surface area contributed by atoms with Crippen LogP contribution < -0.4 is 0 Å². The number of para-hydroxylation sites is 1. The lowest BCUT2D eigenvalue weighted by atomic mass is 9.80. The summed E-state index contributed by atoms with van der Waals surface area (Å²) in [6, 6.07) is 42.5. The molecule has 0 radical (unpaired) electrons. The van der Waals surface area contributed by atoms with Gasteiger partial charge in [0.1, 0.15) is 4.99 Å². The molecule has 1 aromatic heterocycles. The highest BCUT2D eigenvalue weighted by Crippen LogP contribution is 2.40. The number of aliphatic imine (C=N–C) groups is 3. The number of rotatable bonds is 6. The molecule has 1 aliphatic heterocycles. The molecule has 0 N–H and O–H groups in total. The summed E-state index contributed by atoms with van der Waals surface area (Å²) in [5.74, 6) is 1.50. The van der Waals surface area contributed by atoms with Crippen molar-refractivity contribution in [1.29, 1.82) is 0 Å². The predicted octanol–water partition coefficient (Wildman–Crippen LogP) is 11.6. The molecule has 272 valence electrons. The zero-order chi connectivity index (χ0) is 37.8. The fourth-order valence-corrected chi connectivity index (χ4v) is 9.25. The second kappa shape index (κ2) is 15.7. The molecule has 0 saturated heterocycles. The Labute approximate surface area is 332 Å². The van der Waals surface area contributed by atoms with Gasteiger partial charge in [0.2, 0.25) is 0 Å². The first-order valence-electron chi connectivity index (χ1n) is 19.3. The highest BCUT2D eigenvalue weighted by Gasteiger charge is 2.24. The lowest BCUT2D eigenvalue weighted by molar-refractivity contribution is 0.766. The van der Waals surface area contributed by atoms with Crippen LogP contribution in [0.1, 0.15) is 46.2 Å². The molecular formula is C51H42N4S. The molecule has 6 aromatic rings. The summed E-state index contributed by atoms with van der Waals surface area (Å²) >= 11 is 0. The molecule has 2 aliphatic carbocycles. The summed E-state index contributed by atoms with van der Waals surface area (Å²) < 4.78 is 2.41. The quantitative estimate of drug-likeness (QED) is 0.0706. The Hall–Kier alpha value is -6.43. The smallest absolute Gasteiger partial charge is 0.167 e. The Bertz CT molecular complexity index is 2800. The van der Waals surface area contributed by atoms with Gasteiger partial charge in [0.25, 0.3) is 0 Å². The standard InChI is InChI=1S/C51H42N4S/c1-3-15-39(32-41-22-14-21-36-18-10-11-23-42(36)41)40-27-26-37-28-29-46-49(44(37)33-40)43-24-12-13-25-45(43)55(46)48-31-30-47(56-48)51(52-2)54-50(38-19-8-5-9-20-38)53-34-35-16-6-4-7-17-35/h3-13,15-20,23-32,34,40H,1,14,21-22,33H2,2H3/b39-15+,41-32+,52-51?,53-34?,54-50?. The molecule has 1 unspecified atom stereocenters. The van der Waals surface area contributed by atoms with E-state index >= 15 is 0 Å². The van der Waals surface area contributed by atoms with Crippen molar-refractivity contribution in [2.75, 3.05) is 7.05 Å². The lowest BCUT2D eigenvalue weighted by Crippen LogP contribution is -2.11. The van der Waals surface area contributed by atoms with Crippen molar-refractivity contribution in [3.05, 3.63) is 203 Å². The van der Waals surface area contributed by atoms with E-state index in [0.29, 0.717) is 11.7 Å². The second-order valence-electron chi connectivity index (χ2n) is 14.3. The Balaban J connectivity index is 1.12. The van der Waals surface area contributed by atoms with Crippen LogP contribution in [0.15, 0.2) is 185 Å². The number of hydrogen-bond acceptors (Lipinski definition) is 1. The summed E-state index contributed by atoms with van der Waals surface area (Å²) in [5.41, 5.74) is 12.6. The summed E-state index contributed by atoms with van der Waals surface area (Å²) in [6.45, 7) is 4.12. The minimum Gasteiger partial charge on any atom is -0.301 e. The Morgan fingerprint density at radius 1 is 0.786 bits per heavy atom. The topological polar surface area (TPSA) is 42.0 Å². The van der Waals surface area contributed by atoms with Gasteiger partial charge in [-0.3, -0.25) is 4.99 Å². The summed E-state index contributed by atoms with van der Waals surface area (Å²) in [5, 5.41) is 2.58. The van der Waals surface area contributed by atoms with Crippen LogP contribution >= 0.6 is 10.9 Å². The van der Waals surface area contributed by atoms with E-state index in [-0.39, 0.29) is 5.92 Å². The number of allylic oxidation sites excluding steroid dienone is 7. The van der Waals surface area contributed by atoms with Gasteiger partial charge in [0.05, 0.1) is 15.9 Å². The maximum atomic E-state index is 5.07. The van der Waals surface area contributed by atoms with E-state index in [1.54, 1.807) is 18.0 Å². The monoisotopic (exact) mass is 742 g/mol. The number of aryl methyl sites for hydroxylation is 1. The molecule has 0 fully saturated rings. The Morgan fingerprint density at radius 3 is 2.41 bits per heavy atom. The van der Waals surface area contributed by atoms with Gasteiger partial charge in [-0.25, -0.2) is 9.98 Å². The van der Waals surface area contributed by atoms with E-state index in [1.807, 2.05) is 73.0 Å². The molecule has 2 heterocycles. The van der Waals surface area contributed by atoms with E-state index < -0.39 is 0 Å². The highest BCUT2D eigenvalue weighted by molar-refractivity contribution is 8.00. The van der Waals surface area contributed by atoms with Crippen LogP contribution in [0.25, 0.3) is 33.5 Å². The third-order valence-corrected chi connectivity index (χ3v) is 11.9. The van der Waals surface area contributed by atoms with Gasteiger partial charge in [-0.1, -0.05) is 146 Å². The van der Waals surface area contributed by atoms with E-state index in [1.165, 1.54) is 61.6 Å². The number of fused-ring (bicyclic) bond motifs is 6. The number of nitrogens with zero attached hydrogens (tertiary/aromatic N) is 4. The van der Waals surface area contributed by atoms with Gasteiger partial charge in [0.15, 0.2) is 11.7 Å². The van der Waals surface area contributed by atoms with Crippen molar-refractivity contribution >= 4 is 72.1 Å². The molecule has 9 rings (SSSR count). The zero-order valence-electron chi connectivity index (χ0n) is 31.5. The lowest BCUT2D eigenvalue weighted by Gasteiger charge is -2.24. The van der Waals surface area contributed by atoms with Crippen LogP contribution in [-0.4, -0.2) is 39.4 Å². The van der Waals surface area contributed by atoms with E-state index in [4.69, 9.17) is 9.98 Å². The van der Waals surface area contributed by atoms with E-state index in [0.717, 1.165) is 40.2 Å². The van der Waals surface area contributed by atoms with Gasteiger partial charge < -0.3 is 4.57 Å². The fourth-order valence-electron chi connectivity index (χ4n) is 8.23. The SMILES string of the molecule is C=C/C=C(\C=C1/CCCc2ccccc21)C1C=Cc2ccc3c(c2C1)c1ccccc1n3C1=S=C(C(=NC)N=C(N=Cc2ccccc2)c2ccccc2)C=C1. The first-order valence-corrected chi connectivity index (χ1v) is 20.2. The molecular weight excluding hydrogens is 701 g/mol. The maximum Gasteiger partial charge on any atom is 0.167 e. The molecule has 0 saturated carbocycles. The predicted molar refractivity (Wildman–Crippen MR) is 244 cm³/mol. The Kier molecular flexibility index (Phi) is 9.92. The number of amidine groups is 2. The Morgan fingerprint density at radius 2 is 1.57 bits per heavy atom. The normalized spacial score (nSPS) is 17.9. The maximum absolute atomic E-state index is 5.07. The number of aromatic nitrogens is 1. The molecule has 0 bridgehead atoms. The molecule has 1 atom stereocenters. The van der Waals surface area contributed by atoms with Crippen LogP contribution in [0.3, 0.4) is 0 Å². The average molecular weight is 743 g/mol. The molecule has 3 aliphatic rings. The van der Waals surface area contributed by atoms with Crippen molar-refractivity contribution in [1.82, 2.24) is 4.57 Å². The number of hydrogen-bond donors (Lipinski definition) is 0. The molecule has 5 aromatic carbocycles. The summed E-state index contributed by atoms with van der Waals surface area (Å²) in [7, 11) is 3.50. The van der Waals surface area contributed by atoms with Crippen molar-refractivity contribution in [3.8, 4) is 0 Å². The molecule has 4 nitrogen and oxygen atoms in total. The van der Waals surface area contributed by atoms with Crippen molar-refractivity contribution in [2.24, 2.45) is 20.9 Å². The van der Waals surface area contributed by atoms with E-state index in [9.17, 15) is 0 Å². The van der Waals surface area contributed by atoms with Crippen molar-refractivity contribution in [2.45, 2.75) is 25.7 Å². The third kappa shape index (κ3) is 6.87. The van der Waals surface area contributed by atoms with Gasteiger partial charge in [-0.05, 0) is 88.9 Å². The van der Waals surface area contributed by atoms with Crippen LogP contribution in [-0.2, 0) is 12.8 Å². The van der Waals surface area contributed by atoms with Gasteiger partial charge in [0, 0.05) is 35.5 Å². The largest absolute Gasteiger partial charge is 0.301 e. The first kappa shape index (κ1) is 35.3. The zero-order valence-corrected chi connectivity index (χ0v) is 32.3. The first-order chi connectivity index (χ1) is 27.7. The second-order valence-corrected chi connectivity index (χ2v) is 15.4. The molecule has 56 heavy (non-hydrogen) atoms. The third-order valence-electron chi connectivity index (χ3n) is 10.9. The summed E-state index contributed by atoms with van der Waals surface area (Å²) in [6.07, 6.45) is 21.9. The molecule has 0 amide bonds. The van der Waals surface area contributed by atoms with Crippen LogP contribution in [0.2, 0.25) is 0 Å². The average Bonchev–Trinajstić information content (AvgIpc) is 3.87. The minimum absolute atomic E-state index is 0.243. The van der Waals surface area contributed by atoms with Crippen LogP contribution in [0.5, 0.6) is 0 Å². The van der Waals surface area contributed by atoms with Crippen molar-refractivity contribution in [3.63, 3.8) is 0 Å². The van der Waals surface area contributed by atoms with E-state index in [2.05, 4.69) is 113 Å². The van der Waals surface area contributed by atoms with Crippen LogP contribution in [0, 0.1) is 5.92 Å². The number of benzene rings is 5. The van der Waals surface area contributed by atoms with Crippen LogP contribution in [0.4, 0.5) is 0 Å². The van der Waals surface area contributed by atoms with Gasteiger partial charge in [-0.15, -0.1) is 10.9 Å². The summed E-state index contributed by atoms with van der Waals surface area (Å²) in [4.78, 5) is 16.7. The van der Waals surface area contributed by atoms with Gasteiger partial charge >= 0.3 is 0 Å². The minimum atomic E-state index is 0.243. The molecule has 5 heteroatoms. The van der Waals surface area contributed by atoms with Gasteiger partial charge in [-0.2, -0.15) is 0 Å². The molecule has 0 spiro atoms.